The van der Waals surface area contributed by atoms with Gasteiger partial charge in [-0.25, -0.2) is 9.59 Å². The van der Waals surface area contributed by atoms with E-state index in [1.165, 1.54) is 38.8 Å². The molecule has 1 saturated carbocycles. The van der Waals surface area contributed by atoms with Gasteiger partial charge in [0.2, 0.25) is 0 Å². The lowest BCUT2D eigenvalue weighted by atomic mass is 9.82. The van der Waals surface area contributed by atoms with Crippen molar-refractivity contribution in [3.63, 3.8) is 0 Å². The van der Waals surface area contributed by atoms with Gasteiger partial charge in [0, 0.05) is 12.2 Å². The van der Waals surface area contributed by atoms with Crippen molar-refractivity contribution in [3.8, 4) is 0 Å². The first-order valence-electron chi connectivity index (χ1n) is 5.94. The number of fused-ring (bicyclic) bond motifs is 1. The van der Waals surface area contributed by atoms with E-state index in [2.05, 4.69) is 5.32 Å². The molecule has 1 saturated heterocycles. The van der Waals surface area contributed by atoms with Crippen LogP contribution in [-0.4, -0.2) is 35.2 Å². The van der Waals surface area contributed by atoms with Crippen LogP contribution in [-0.2, 0) is 9.59 Å². The zero-order valence-electron chi connectivity index (χ0n) is 9.76. The smallest absolute Gasteiger partial charge is 0.328 e. The average Bonchev–Trinajstić information content (AvgIpc) is 2.75. The zero-order valence-corrected chi connectivity index (χ0v) is 9.76. The third-order valence-corrected chi connectivity index (χ3v) is 3.25. The molecule has 3 N–H and O–H groups in total. The minimum absolute atomic E-state index is 0.558. The summed E-state index contributed by atoms with van der Waals surface area (Å²) in [5.41, 5.74) is 0. The van der Waals surface area contributed by atoms with E-state index in [1.54, 1.807) is 0 Å². The van der Waals surface area contributed by atoms with Gasteiger partial charge >= 0.3 is 11.9 Å². The van der Waals surface area contributed by atoms with Crippen molar-refractivity contribution in [3.05, 3.63) is 12.2 Å². The molecule has 2 rings (SSSR count). The highest BCUT2D eigenvalue weighted by Gasteiger charge is 2.28. The third-order valence-electron chi connectivity index (χ3n) is 3.25. The SMILES string of the molecule is C1CCC2CNCC2C1.O=C(O)/C=C\C(=O)O. The average molecular weight is 241 g/mol. The first-order valence-corrected chi connectivity index (χ1v) is 5.94. The van der Waals surface area contributed by atoms with Crippen LogP contribution in [0.2, 0.25) is 0 Å². The van der Waals surface area contributed by atoms with Crippen LogP contribution in [0.3, 0.4) is 0 Å². The summed E-state index contributed by atoms with van der Waals surface area (Å²) >= 11 is 0. The lowest BCUT2D eigenvalue weighted by Gasteiger charge is -2.23. The summed E-state index contributed by atoms with van der Waals surface area (Å²) in [5.74, 6) is -0.405. The van der Waals surface area contributed by atoms with Crippen LogP contribution in [0.1, 0.15) is 25.7 Å². The van der Waals surface area contributed by atoms with E-state index in [4.69, 9.17) is 10.2 Å². The van der Waals surface area contributed by atoms with E-state index in [9.17, 15) is 9.59 Å². The van der Waals surface area contributed by atoms with Gasteiger partial charge in [-0.1, -0.05) is 12.8 Å². The Bertz CT molecular complexity index is 273. The molecular formula is C12H19NO4. The Hall–Kier alpha value is -1.36. The number of hydrogen-bond acceptors (Lipinski definition) is 3. The van der Waals surface area contributed by atoms with Gasteiger partial charge in [-0.15, -0.1) is 0 Å². The van der Waals surface area contributed by atoms with Gasteiger partial charge in [0.1, 0.15) is 0 Å². The monoisotopic (exact) mass is 241 g/mol. The predicted octanol–water partition coefficient (Wildman–Crippen LogP) is 1.11. The fraction of sp³-hybridized carbons (Fsp3) is 0.667. The quantitative estimate of drug-likeness (QED) is 0.630. The molecule has 0 radical (unpaired) electrons. The van der Waals surface area contributed by atoms with Gasteiger partial charge in [0.05, 0.1) is 0 Å². The van der Waals surface area contributed by atoms with Crippen molar-refractivity contribution in [1.82, 2.24) is 5.32 Å². The molecule has 2 aliphatic rings. The molecule has 0 aromatic carbocycles. The van der Waals surface area contributed by atoms with Crippen LogP contribution in [0.5, 0.6) is 0 Å². The second-order valence-corrected chi connectivity index (χ2v) is 4.47. The van der Waals surface area contributed by atoms with Crippen LogP contribution in [0, 0.1) is 11.8 Å². The normalized spacial score (nSPS) is 27.1. The number of carboxylic acids is 2. The molecule has 1 aliphatic heterocycles. The highest BCUT2D eigenvalue weighted by Crippen LogP contribution is 2.31. The fourth-order valence-corrected chi connectivity index (χ4v) is 2.42. The lowest BCUT2D eigenvalue weighted by molar-refractivity contribution is -0.134. The second-order valence-electron chi connectivity index (χ2n) is 4.47. The lowest BCUT2D eigenvalue weighted by Crippen LogP contribution is -2.16. The molecule has 17 heavy (non-hydrogen) atoms. The van der Waals surface area contributed by atoms with Crippen molar-refractivity contribution < 1.29 is 19.8 Å². The van der Waals surface area contributed by atoms with Gasteiger partial charge < -0.3 is 15.5 Å². The van der Waals surface area contributed by atoms with Gasteiger partial charge in [-0.05, 0) is 37.8 Å². The Kier molecular flexibility index (Phi) is 5.69. The molecule has 0 spiro atoms. The maximum atomic E-state index is 9.55. The van der Waals surface area contributed by atoms with E-state index in [1.807, 2.05) is 0 Å². The van der Waals surface area contributed by atoms with Crippen LogP contribution in [0.15, 0.2) is 12.2 Å². The van der Waals surface area contributed by atoms with Crippen LogP contribution >= 0.6 is 0 Å². The van der Waals surface area contributed by atoms with E-state index in [-0.39, 0.29) is 0 Å². The molecule has 1 aliphatic carbocycles. The van der Waals surface area contributed by atoms with E-state index in [0.717, 1.165) is 11.8 Å². The van der Waals surface area contributed by atoms with Crippen LogP contribution in [0.25, 0.3) is 0 Å². The number of aliphatic carboxylic acids is 2. The molecular weight excluding hydrogens is 222 g/mol. The topological polar surface area (TPSA) is 86.6 Å². The van der Waals surface area contributed by atoms with Gasteiger partial charge in [0.25, 0.3) is 0 Å². The first kappa shape index (κ1) is 13.7. The number of hydrogen-bond donors (Lipinski definition) is 3. The van der Waals surface area contributed by atoms with E-state index >= 15 is 0 Å². The van der Waals surface area contributed by atoms with Crippen molar-refractivity contribution in [2.45, 2.75) is 25.7 Å². The fourth-order valence-electron chi connectivity index (χ4n) is 2.42. The summed E-state index contributed by atoms with van der Waals surface area (Å²) in [6.45, 7) is 2.62. The van der Waals surface area contributed by atoms with Crippen LogP contribution in [0.4, 0.5) is 0 Å². The Labute approximate surface area is 101 Å². The van der Waals surface area contributed by atoms with Crippen molar-refractivity contribution in [2.75, 3.05) is 13.1 Å². The largest absolute Gasteiger partial charge is 0.478 e. The number of carboxylic acid groups (broad SMARTS) is 2. The van der Waals surface area contributed by atoms with E-state index in [0.29, 0.717) is 12.2 Å². The molecule has 5 heteroatoms. The highest BCUT2D eigenvalue weighted by atomic mass is 16.4. The summed E-state index contributed by atoms with van der Waals surface area (Å²) in [4.78, 5) is 19.1. The van der Waals surface area contributed by atoms with Gasteiger partial charge in [0.15, 0.2) is 0 Å². The Morgan fingerprint density at radius 1 is 0.941 bits per heavy atom. The van der Waals surface area contributed by atoms with Gasteiger partial charge in [-0.2, -0.15) is 0 Å². The number of nitrogens with one attached hydrogen (secondary N) is 1. The summed E-state index contributed by atoms with van der Waals surface area (Å²) in [6.07, 6.45) is 7.09. The maximum absolute atomic E-state index is 9.55. The maximum Gasteiger partial charge on any atom is 0.328 e. The molecule has 5 nitrogen and oxygen atoms in total. The summed E-state index contributed by atoms with van der Waals surface area (Å²) in [5, 5.41) is 19.1. The number of rotatable bonds is 2. The summed E-state index contributed by atoms with van der Waals surface area (Å²) in [6, 6.07) is 0. The predicted molar refractivity (Wildman–Crippen MR) is 62.7 cm³/mol. The number of carbonyl (C=O) groups is 2. The van der Waals surface area contributed by atoms with Crippen molar-refractivity contribution in [1.29, 1.82) is 0 Å². The van der Waals surface area contributed by atoms with Crippen molar-refractivity contribution in [2.24, 2.45) is 11.8 Å². The minimum Gasteiger partial charge on any atom is -0.478 e. The molecule has 0 amide bonds. The second kappa shape index (κ2) is 7.06. The standard InChI is InChI=1S/C8H15N.C4H4O4/c1-2-4-8-6-9-5-7(8)3-1;5-3(6)1-2-4(7)8/h7-9H,1-6H2;1-2H,(H,5,6)(H,7,8)/b;2-1-. The Balaban J connectivity index is 0.000000172. The Morgan fingerprint density at radius 3 is 1.71 bits per heavy atom. The zero-order chi connectivity index (χ0) is 12.7. The molecule has 2 unspecified atom stereocenters. The molecule has 0 aromatic heterocycles. The summed E-state index contributed by atoms with van der Waals surface area (Å²) < 4.78 is 0. The van der Waals surface area contributed by atoms with E-state index < -0.39 is 11.9 Å². The Morgan fingerprint density at radius 2 is 1.35 bits per heavy atom. The molecule has 2 fully saturated rings. The molecule has 0 aromatic rings. The van der Waals surface area contributed by atoms with Crippen molar-refractivity contribution >= 4 is 11.9 Å². The van der Waals surface area contributed by atoms with Crippen LogP contribution < -0.4 is 5.32 Å². The minimum atomic E-state index is -1.26. The molecule has 96 valence electrons. The summed E-state index contributed by atoms with van der Waals surface area (Å²) in [7, 11) is 0. The molecule has 0 bridgehead atoms. The molecule has 1 heterocycles. The highest BCUT2D eigenvalue weighted by molar-refractivity contribution is 5.89. The molecule has 2 atom stereocenters. The van der Waals surface area contributed by atoms with Gasteiger partial charge in [-0.3, -0.25) is 0 Å². The third kappa shape index (κ3) is 5.49. The first-order chi connectivity index (χ1) is 8.09.